The number of aldehydes is 1. The first-order valence-electron chi connectivity index (χ1n) is 8.06. The van der Waals surface area contributed by atoms with Crippen molar-refractivity contribution in [1.82, 2.24) is 5.32 Å². The standard InChI is InChI=1S/C20H25FN2O2/c1-5-8-16(13-25-19-10-7-6-9-18(19)21)14(2)15(3)20(23-4)17(11-22)12-24/h5-12,14-15,22-23H,1,13H2,2-4H3/b16-8+,20-17-,22-11?. The Morgan fingerprint density at radius 2 is 2.04 bits per heavy atom. The molecule has 5 heteroatoms. The molecule has 0 saturated carbocycles. The van der Waals surface area contributed by atoms with E-state index >= 15 is 0 Å². The molecule has 0 radical (unpaired) electrons. The summed E-state index contributed by atoms with van der Waals surface area (Å²) in [4.78, 5) is 11.2. The molecule has 0 aliphatic rings. The number of para-hydroxylation sites is 1. The van der Waals surface area contributed by atoms with Crippen molar-refractivity contribution in [3.05, 3.63) is 65.7 Å². The number of nitrogens with one attached hydrogen (secondary N) is 2. The molecule has 1 aromatic carbocycles. The number of halogens is 1. The molecule has 4 nitrogen and oxygen atoms in total. The molecule has 2 atom stereocenters. The summed E-state index contributed by atoms with van der Waals surface area (Å²) in [6, 6.07) is 6.24. The summed E-state index contributed by atoms with van der Waals surface area (Å²) >= 11 is 0. The molecular formula is C20H25FN2O2. The van der Waals surface area contributed by atoms with E-state index in [-0.39, 0.29) is 24.2 Å². The van der Waals surface area contributed by atoms with Crippen molar-refractivity contribution in [1.29, 1.82) is 5.41 Å². The van der Waals surface area contributed by atoms with Crippen molar-refractivity contribution in [2.45, 2.75) is 13.8 Å². The van der Waals surface area contributed by atoms with Crippen LogP contribution in [-0.2, 0) is 4.79 Å². The lowest BCUT2D eigenvalue weighted by Crippen LogP contribution is -2.25. The molecule has 2 unspecified atom stereocenters. The van der Waals surface area contributed by atoms with Crippen LogP contribution in [0.5, 0.6) is 5.75 Å². The maximum atomic E-state index is 13.7. The number of rotatable bonds is 10. The van der Waals surface area contributed by atoms with Crippen molar-refractivity contribution >= 4 is 12.5 Å². The van der Waals surface area contributed by atoms with Gasteiger partial charge in [0.15, 0.2) is 17.9 Å². The van der Waals surface area contributed by atoms with Crippen LogP contribution >= 0.6 is 0 Å². The Labute approximate surface area is 148 Å². The number of allylic oxidation sites excluding steroid dienone is 4. The van der Waals surface area contributed by atoms with Crippen molar-refractivity contribution in [3.63, 3.8) is 0 Å². The van der Waals surface area contributed by atoms with Crippen LogP contribution in [-0.4, -0.2) is 26.2 Å². The minimum Gasteiger partial charge on any atom is -0.486 e. The fraction of sp³-hybridized carbons (Fsp3) is 0.300. The Hall–Kier alpha value is -2.69. The van der Waals surface area contributed by atoms with E-state index in [9.17, 15) is 9.18 Å². The molecule has 0 saturated heterocycles. The molecule has 0 aliphatic carbocycles. The number of ether oxygens (including phenoxy) is 1. The molecular weight excluding hydrogens is 319 g/mol. The third kappa shape index (κ3) is 5.41. The fourth-order valence-electron chi connectivity index (χ4n) is 2.59. The van der Waals surface area contributed by atoms with Gasteiger partial charge in [-0.2, -0.15) is 0 Å². The number of carbonyl (C=O) groups is 1. The summed E-state index contributed by atoms with van der Waals surface area (Å²) < 4.78 is 19.3. The summed E-state index contributed by atoms with van der Waals surface area (Å²) in [6.07, 6.45) is 5.19. The second-order valence-electron chi connectivity index (χ2n) is 5.65. The number of hydrogen-bond donors (Lipinski definition) is 2. The minimum absolute atomic E-state index is 0.0119. The van der Waals surface area contributed by atoms with Crippen LogP contribution in [0, 0.1) is 23.1 Å². The monoisotopic (exact) mass is 344 g/mol. The molecule has 1 aromatic rings. The van der Waals surface area contributed by atoms with Crippen LogP contribution in [0.2, 0.25) is 0 Å². The van der Waals surface area contributed by atoms with Gasteiger partial charge in [-0.25, -0.2) is 4.39 Å². The predicted molar refractivity (Wildman–Crippen MR) is 99.4 cm³/mol. The summed E-state index contributed by atoms with van der Waals surface area (Å²) in [6.45, 7) is 7.88. The Morgan fingerprint density at radius 3 is 2.56 bits per heavy atom. The van der Waals surface area contributed by atoms with E-state index in [1.54, 1.807) is 31.3 Å². The van der Waals surface area contributed by atoms with Crippen molar-refractivity contribution in [3.8, 4) is 5.75 Å². The topological polar surface area (TPSA) is 62.2 Å². The first-order valence-corrected chi connectivity index (χ1v) is 8.06. The number of benzene rings is 1. The second-order valence-corrected chi connectivity index (χ2v) is 5.65. The Bertz CT molecular complexity index is 670. The van der Waals surface area contributed by atoms with Crippen molar-refractivity contribution in [2.75, 3.05) is 13.7 Å². The lowest BCUT2D eigenvalue weighted by molar-refractivity contribution is -0.104. The smallest absolute Gasteiger partial charge is 0.165 e. The summed E-state index contributed by atoms with van der Waals surface area (Å²) in [7, 11) is 1.72. The second kappa shape index (κ2) is 10.2. The molecule has 2 N–H and O–H groups in total. The van der Waals surface area contributed by atoms with Gasteiger partial charge >= 0.3 is 0 Å². The Kier molecular flexibility index (Phi) is 8.33. The van der Waals surface area contributed by atoms with Crippen LogP contribution in [0.25, 0.3) is 0 Å². The van der Waals surface area contributed by atoms with Gasteiger partial charge in [0, 0.05) is 24.9 Å². The van der Waals surface area contributed by atoms with Gasteiger partial charge in [-0.05, 0) is 23.6 Å². The third-order valence-corrected chi connectivity index (χ3v) is 4.22. The Morgan fingerprint density at radius 1 is 1.36 bits per heavy atom. The van der Waals surface area contributed by atoms with E-state index in [1.165, 1.54) is 6.07 Å². The quantitative estimate of drug-likeness (QED) is 0.293. The van der Waals surface area contributed by atoms with Crippen LogP contribution in [0.4, 0.5) is 4.39 Å². The van der Waals surface area contributed by atoms with Gasteiger partial charge in [0.2, 0.25) is 0 Å². The number of carbonyl (C=O) groups excluding carboxylic acids is 1. The van der Waals surface area contributed by atoms with E-state index in [0.717, 1.165) is 11.8 Å². The lowest BCUT2D eigenvalue weighted by Gasteiger charge is -2.26. The molecule has 0 amide bonds. The minimum atomic E-state index is -0.413. The lowest BCUT2D eigenvalue weighted by atomic mass is 9.85. The SMILES string of the molecule is C=C/C=C(\COc1ccccc1F)C(C)C(C)/C(NC)=C(\C=N)C=O. The highest BCUT2D eigenvalue weighted by Gasteiger charge is 2.22. The zero-order valence-electron chi connectivity index (χ0n) is 14.9. The highest BCUT2D eigenvalue weighted by Crippen LogP contribution is 2.27. The van der Waals surface area contributed by atoms with Crippen LogP contribution in [0.1, 0.15) is 13.8 Å². The van der Waals surface area contributed by atoms with E-state index in [2.05, 4.69) is 11.9 Å². The predicted octanol–water partition coefficient (Wildman–Crippen LogP) is 3.91. The molecule has 1 rings (SSSR count). The first-order chi connectivity index (χ1) is 12.0. The third-order valence-electron chi connectivity index (χ3n) is 4.22. The van der Waals surface area contributed by atoms with Crippen molar-refractivity contribution < 1.29 is 13.9 Å². The fourth-order valence-corrected chi connectivity index (χ4v) is 2.59. The largest absolute Gasteiger partial charge is 0.486 e. The van der Waals surface area contributed by atoms with Crippen LogP contribution < -0.4 is 10.1 Å². The average Bonchev–Trinajstić information content (AvgIpc) is 2.63. The molecule has 0 spiro atoms. The maximum Gasteiger partial charge on any atom is 0.165 e. The number of hydrogen-bond acceptors (Lipinski definition) is 4. The van der Waals surface area contributed by atoms with Gasteiger partial charge in [0.05, 0.1) is 5.57 Å². The molecule has 0 bridgehead atoms. The van der Waals surface area contributed by atoms with Gasteiger partial charge in [-0.15, -0.1) is 0 Å². The van der Waals surface area contributed by atoms with E-state index in [0.29, 0.717) is 17.6 Å². The van der Waals surface area contributed by atoms with Crippen LogP contribution in [0.15, 0.2) is 59.8 Å². The molecule has 134 valence electrons. The van der Waals surface area contributed by atoms with Gasteiger partial charge < -0.3 is 15.5 Å². The van der Waals surface area contributed by atoms with Crippen molar-refractivity contribution in [2.24, 2.45) is 11.8 Å². The molecule has 0 aliphatic heterocycles. The molecule has 0 aromatic heterocycles. The highest BCUT2D eigenvalue weighted by molar-refractivity contribution is 6.01. The maximum absolute atomic E-state index is 13.7. The van der Waals surface area contributed by atoms with Gasteiger partial charge in [0.25, 0.3) is 0 Å². The highest BCUT2D eigenvalue weighted by atomic mass is 19.1. The average molecular weight is 344 g/mol. The van der Waals surface area contributed by atoms with E-state index < -0.39 is 5.82 Å². The summed E-state index contributed by atoms with van der Waals surface area (Å²) in [5.41, 5.74) is 1.89. The van der Waals surface area contributed by atoms with Gasteiger partial charge in [-0.1, -0.05) is 44.7 Å². The summed E-state index contributed by atoms with van der Waals surface area (Å²) in [5.74, 6) is -0.303. The van der Waals surface area contributed by atoms with Gasteiger partial charge in [0.1, 0.15) is 6.61 Å². The first kappa shape index (κ1) is 20.4. The van der Waals surface area contributed by atoms with Crippen LogP contribution in [0.3, 0.4) is 0 Å². The molecule has 0 heterocycles. The molecule has 25 heavy (non-hydrogen) atoms. The Balaban J connectivity index is 3.01. The van der Waals surface area contributed by atoms with Gasteiger partial charge in [-0.3, -0.25) is 4.79 Å². The zero-order chi connectivity index (χ0) is 18.8. The zero-order valence-corrected chi connectivity index (χ0v) is 14.9. The van der Waals surface area contributed by atoms with E-state index in [1.807, 2.05) is 19.9 Å². The summed E-state index contributed by atoms with van der Waals surface area (Å²) in [5, 5.41) is 10.4. The normalized spacial score (nSPS) is 14.8. The van der Waals surface area contributed by atoms with E-state index in [4.69, 9.17) is 10.1 Å². The molecule has 0 fully saturated rings.